The summed E-state index contributed by atoms with van der Waals surface area (Å²) in [5.41, 5.74) is 0.938. The van der Waals surface area contributed by atoms with Gasteiger partial charge in [-0.05, 0) is 43.7 Å². The normalized spacial score (nSPS) is 10.7. The van der Waals surface area contributed by atoms with Crippen molar-refractivity contribution in [1.82, 2.24) is 14.8 Å². The molecule has 2 aromatic heterocycles. The number of benzene rings is 1. The largest absolute Gasteiger partial charge is 0.462 e. The van der Waals surface area contributed by atoms with E-state index in [4.69, 9.17) is 9.15 Å². The van der Waals surface area contributed by atoms with Gasteiger partial charge in [-0.25, -0.2) is 4.79 Å². The average Bonchev–Trinajstić information content (AvgIpc) is 3.39. The van der Waals surface area contributed by atoms with Gasteiger partial charge < -0.3 is 14.5 Å². The van der Waals surface area contributed by atoms with Gasteiger partial charge in [0, 0.05) is 12.2 Å². The monoisotopic (exact) mass is 414 g/mol. The number of aromatic nitrogens is 3. The summed E-state index contributed by atoms with van der Waals surface area (Å²) in [5, 5.41) is 11.7. The Bertz CT molecular complexity index is 969. The van der Waals surface area contributed by atoms with Crippen LogP contribution in [0.25, 0.3) is 11.6 Å². The van der Waals surface area contributed by atoms with Gasteiger partial charge in [-0.15, -0.1) is 10.2 Å². The molecule has 1 aromatic carbocycles. The second kappa shape index (κ2) is 9.92. The van der Waals surface area contributed by atoms with Crippen LogP contribution >= 0.6 is 11.8 Å². The van der Waals surface area contributed by atoms with Crippen molar-refractivity contribution < 1.29 is 18.7 Å². The molecule has 3 rings (SSSR count). The van der Waals surface area contributed by atoms with Crippen molar-refractivity contribution in [2.24, 2.45) is 0 Å². The molecule has 0 aliphatic carbocycles. The minimum Gasteiger partial charge on any atom is -0.462 e. The molecule has 0 atom stereocenters. The van der Waals surface area contributed by atoms with Crippen molar-refractivity contribution in [2.75, 3.05) is 17.7 Å². The van der Waals surface area contributed by atoms with Crippen molar-refractivity contribution in [3.63, 3.8) is 0 Å². The molecule has 3 aromatic rings. The SMILES string of the molecule is CCCOC(=O)c1cccc(NC(=O)CSc2nnc(-c3ccco3)n2CC)c1. The number of thioether (sulfide) groups is 1. The highest BCUT2D eigenvalue weighted by Crippen LogP contribution is 2.24. The molecule has 2 heterocycles. The highest BCUT2D eigenvalue weighted by atomic mass is 32.2. The predicted molar refractivity (Wildman–Crippen MR) is 110 cm³/mol. The van der Waals surface area contributed by atoms with E-state index >= 15 is 0 Å². The third-order valence-corrected chi connectivity index (χ3v) is 4.89. The van der Waals surface area contributed by atoms with Crippen LogP contribution in [0.1, 0.15) is 30.6 Å². The Morgan fingerprint density at radius 2 is 2.07 bits per heavy atom. The molecule has 0 saturated heterocycles. The molecular formula is C20H22N4O4S. The number of amides is 1. The van der Waals surface area contributed by atoms with Crippen LogP contribution in [0.2, 0.25) is 0 Å². The molecule has 0 aliphatic heterocycles. The predicted octanol–water partition coefficient (Wildman–Crippen LogP) is 3.86. The first-order valence-corrected chi connectivity index (χ1v) is 10.3. The van der Waals surface area contributed by atoms with Crippen LogP contribution in [-0.2, 0) is 16.1 Å². The summed E-state index contributed by atoms with van der Waals surface area (Å²) in [4.78, 5) is 24.3. The Labute approximate surface area is 172 Å². The Hall–Kier alpha value is -3.07. The number of anilines is 1. The Balaban J connectivity index is 1.60. The van der Waals surface area contributed by atoms with Gasteiger partial charge >= 0.3 is 5.97 Å². The molecule has 0 saturated carbocycles. The number of hydrogen-bond donors (Lipinski definition) is 1. The molecule has 9 heteroatoms. The summed E-state index contributed by atoms with van der Waals surface area (Å²) in [6, 6.07) is 10.3. The van der Waals surface area contributed by atoms with Crippen LogP contribution in [0.5, 0.6) is 0 Å². The Morgan fingerprint density at radius 1 is 1.21 bits per heavy atom. The molecule has 0 radical (unpaired) electrons. The van der Waals surface area contributed by atoms with Crippen molar-refractivity contribution in [1.29, 1.82) is 0 Å². The number of hydrogen-bond acceptors (Lipinski definition) is 7. The lowest BCUT2D eigenvalue weighted by atomic mass is 10.2. The second-order valence-corrected chi connectivity index (χ2v) is 7.02. The molecule has 0 spiro atoms. The molecule has 0 aliphatic rings. The van der Waals surface area contributed by atoms with Crippen molar-refractivity contribution >= 4 is 29.3 Å². The van der Waals surface area contributed by atoms with E-state index in [0.717, 1.165) is 6.42 Å². The van der Waals surface area contributed by atoms with Gasteiger partial charge in [0.1, 0.15) is 0 Å². The number of rotatable bonds is 9. The van der Waals surface area contributed by atoms with E-state index in [1.807, 2.05) is 24.5 Å². The third kappa shape index (κ3) is 5.26. The first-order valence-electron chi connectivity index (χ1n) is 9.29. The molecular weight excluding hydrogens is 392 g/mol. The molecule has 8 nitrogen and oxygen atoms in total. The van der Waals surface area contributed by atoms with Crippen LogP contribution in [-0.4, -0.2) is 39.0 Å². The smallest absolute Gasteiger partial charge is 0.338 e. The number of carbonyl (C=O) groups excluding carboxylic acids is 2. The number of esters is 1. The fourth-order valence-electron chi connectivity index (χ4n) is 2.60. The first-order chi connectivity index (χ1) is 14.1. The molecule has 1 amide bonds. The average molecular weight is 414 g/mol. The number of nitrogens with one attached hydrogen (secondary N) is 1. The zero-order valence-electron chi connectivity index (χ0n) is 16.3. The molecule has 1 N–H and O–H groups in total. The summed E-state index contributed by atoms with van der Waals surface area (Å²) < 4.78 is 12.4. The first kappa shape index (κ1) is 20.7. The molecule has 29 heavy (non-hydrogen) atoms. The standard InChI is InChI=1S/C20H22N4O4S/c1-3-10-28-19(26)14-7-5-8-15(12-14)21-17(25)13-29-20-23-22-18(24(20)4-2)16-9-6-11-27-16/h5-9,11-12H,3-4,10,13H2,1-2H3,(H,21,25). The summed E-state index contributed by atoms with van der Waals surface area (Å²) in [7, 11) is 0. The van der Waals surface area contributed by atoms with Gasteiger partial charge in [0.15, 0.2) is 16.7 Å². The van der Waals surface area contributed by atoms with E-state index < -0.39 is 5.97 Å². The molecule has 0 unspecified atom stereocenters. The van der Waals surface area contributed by atoms with Crippen LogP contribution in [0.4, 0.5) is 5.69 Å². The maximum absolute atomic E-state index is 12.3. The van der Waals surface area contributed by atoms with Gasteiger partial charge in [0.25, 0.3) is 0 Å². The molecule has 0 bridgehead atoms. The summed E-state index contributed by atoms with van der Waals surface area (Å²) >= 11 is 1.28. The van der Waals surface area contributed by atoms with E-state index in [1.54, 1.807) is 36.6 Å². The van der Waals surface area contributed by atoms with Gasteiger partial charge in [-0.3, -0.25) is 9.36 Å². The van der Waals surface area contributed by atoms with Crippen molar-refractivity contribution in [2.45, 2.75) is 32.0 Å². The molecule has 0 fully saturated rings. The zero-order chi connectivity index (χ0) is 20.6. The van der Waals surface area contributed by atoms with Gasteiger partial charge in [0.2, 0.25) is 5.91 Å². The topological polar surface area (TPSA) is 99.2 Å². The number of nitrogens with zero attached hydrogens (tertiary/aromatic N) is 3. The fraction of sp³-hybridized carbons (Fsp3) is 0.300. The highest BCUT2D eigenvalue weighted by Gasteiger charge is 2.16. The molecule has 152 valence electrons. The van der Waals surface area contributed by atoms with E-state index in [2.05, 4.69) is 15.5 Å². The van der Waals surface area contributed by atoms with Gasteiger partial charge in [0.05, 0.1) is 24.2 Å². The fourth-order valence-corrected chi connectivity index (χ4v) is 3.40. The summed E-state index contributed by atoms with van der Waals surface area (Å²) in [6.45, 7) is 4.92. The lowest BCUT2D eigenvalue weighted by Gasteiger charge is -2.08. The van der Waals surface area contributed by atoms with E-state index in [0.29, 0.717) is 41.1 Å². The second-order valence-electron chi connectivity index (χ2n) is 6.08. The van der Waals surface area contributed by atoms with Crippen LogP contribution in [0.15, 0.2) is 52.2 Å². The summed E-state index contributed by atoms with van der Waals surface area (Å²) in [5.74, 6) is 0.792. The van der Waals surface area contributed by atoms with Gasteiger partial charge in [-0.1, -0.05) is 24.8 Å². The Kier molecular flexibility index (Phi) is 7.07. The third-order valence-electron chi connectivity index (χ3n) is 3.93. The maximum atomic E-state index is 12.3. The summed E-state index contributed by atoms with van der Waals surface area (Å²) in [6.07, 6.45) is 2.33. The van der Waals surface area contributed by atoms with Crippen LogP contribution < -0.4 is 5.32 Å². The minimum atomic E-state index is -0.404. The highest BCUT2D eigenvalue weighted by molar-refractivity contribution is 7.99. The zero-order valence-corrected chi connectivity index (χ0v) is 17.1. The number of furan rings is 1. The lowest BCUT2D eigenvalue weighted by Crippen LogP contribution is -2.15. The van der Waals surface area contributed by atoms with Crippen molar-refractivity contribution in [3.05, 3.63) is 48.2 Å². The quantitative estimate of drug-likeness (QED) is 0.419. The van der Waals surface area contributed by atoms with E-state index in [-0.39, 0.29) is 11.7 Å². The van der Waals surface area contributed by atoms with E-state index in [9.17, 15) is 9.59 Å². The van der Waals surface area contributed by atoms with Crippen molar-refractivity contribution in [3.8, 4) is 11.6 Å². The van der Waals surface area contributed by atoms with E-state index in [1.165, 1.54) is 11.8 Å². The van der Waals surface area contributed by atoms with Crippen LogP contribution in [0, 0.1) is 0 Å². The lowest BCUT2D eigenvalue weighted by molar-refractivity contribution is -0.113. The number of carbonyl (C=O) groups is 2. The van der Waals surface area contributed by atoms with Crippen LogP contribution in [0.3, 0.4) is 0 Å². The number of ether oxygens (including phenoxy) is 1. The maximum Gasteiger partial charge on any atom is 0.338 e. The van der Waals surface area contributed by atoms with Gasteiger partial charge in [-0.2, -0.15) is 0 Å². The minimum absolute atomic E-state index is 0.154. The Morgan fingerprint density at radius 3 is 2.79 bits per heavy atom.